The molecule has 0 bridgehead atoms. The molecule has 0 radical (unpaired) electrons. The molecule has 2 heterocycles. The van der Waals surface area contributed by atoms with E-state index in [0.717, 1.165) is 24.6 Å². The van der Waals surface area contributed by atoms with Crippen molar-refractivity contribution in [3.63, 3.8) is 0 Å². The zero-order chi connectivity index (χ0) is 11.5. The molecule has 1 fully saturated rings. The number of halogens is 1. The van der Waals surface area contributed by atoms with E-state index in [-0.39, 0.29) is 0 Å². The van der Waals surface area contributed by atoms with Gasteiger partial charge in [-0.25, -0.2) is 9.97 Å². The van der Waals surface area contributed by atoms with Crippen LogP contribution in [-0.2, 0) is 0 Å². The SMILES string of the molecule is Cc1cc(Cl)nc(N2CCCC[C@@H]2CN)n1. The van der Waals surface area contributed by atoms with Crippen molar-refractivity contribution in [3.05, 3.63) is 16.9 Å². The van der Waals surface area contributed by atoms with Gasteiger partial charge in [-0.2, -0.15) is 0 Å². The Hall–Kier alpha value is -0.870. The highest BCUT2D eigenvalue weighted by Gasteiger charge is 2.23. The largest absolute Gasteiger partial charge is 0.337 e. The molecule has 0 unspecified atom stereocenters. The van der Waals surface area contributed by atoms with Crippen LogP contribution in [0.5, 0.6) is 0 Å². The topological polar surface area (TPSA) is 55.0 Å². The molecule has 0 spiro atoms. The highest BCUT2D eigenvalue weighted by atomic mass is 35.5. The minimum absolute atomic E-state index is 0.353. The van der Waals surface area contributed by atoms with Gasteiger partial charge >= 0.3 is 0 Å². The highest BCUT2D eigenvalue weighted by Crippen LogP contribution is 2.22. The lowest BCUT2D eigenvalue weighted by atomic mass is 10.0. The fraction of sp³-hybridized carbons (Fsp3) is 0.636. The molecular formula is C11H17ClN4. The molecule has 1 saturated heterocycles. The van der Waals surface area contributed by atoms with E-state index in [4.69, 9.17) is 17.3 Å². The molecular weight excluding hydrogens is 224 g/mol. The number of hydrogen-bond acceptors (Lipinski definition) is 4. The van der Waals surface area contributed by atoms with E-state index in [9.17, 15) is 0 Å². The van der Waals surface area contributed by atoms with Crippen LogP contribution >= 0.6 is 11.6 Å². The summed E-state index contributed by atoms with van der Waals surface area (Å²) in [4.78, 5) is 10.9. The molecule has 1 aliphatic rings. The highest BCUT2D eigenvalue weighted by molar-refractivity contribution is 6.29. The first-order chi connectivity index (χ1) is 7.70. The minimum atomic E-state index is 0.353. The van der Waals surface area contributed by atoms with E-state index in [2.05, 4.69) is 14.9 Å². The Morgan fingerprint density at radius 3 is 3.00 bits per heavy atom. The molecule has 0 aliphatic carbocycles. The second-order valence-corrected chi connectivity index (χ2v) is 4.60. The number of nitrogens with zero attached hydrogens (tertiary/aromatic N) is 3. The lowest BCUT2D eigenvalue weighted by Crippen LogP contribution is -2.45. The van der Waals surface area contributed by atoms with Crippen molar-refractivity contribution in [2.24, 2.45) is 5.73 Å². The van der Waals surface area contributed by atoms with Crippen LogP contribution < -0.4 is 10.6 Å². The van der Waals surface area contributed by atoms with Gasteiger partial charge in [0, 0.05) is 24.8 Å². The summed E-state index contributed by atoms with van der Waals surface area (Å²) >= 11 is 5.95. The van der Waals surface area contributed by atoms with E-state index in [1.165, 1.54) is 12.8 Å². The van der Waals surface area contributed by atoms with Gasteiger partial charge in [-0.15, -0.1) is 0 Å². The van der Waals surface area contributed by atoms with Crippen LogP contribution in [0.2, 0.25) is 5.15 Å². The number of hydrogen-bond donors (Lipinski definition) is 1. The number of aromatic nitrogens is 2. The maximum Gasteiger partial charge on any atom is 0.227 e. The minimum Gasteiger partial charge on any atom is -0.337 e. The summed E-state index contributed by atoms with van der Waals surface area (Å²) in [5.74, 6) is 0.722. The van der Waals surface area contributed by atoms with Crippen LogP contribution in [0, 0.1) is 6.92 Å². The predicted molar refractivity (Wildman–Crippen MR) is 65.8 cm³/mol. The average molecular weight is 241 g/mol. The second kappa shape index (κ2) is 4.97. The molecule has 16 heavy (non-hydrogen) atoms. The van der Waals surface area contributed by atoms with Gasteiger partial charge in [0.1, 0.15) is 5.15 Å². The Bertz CT molecular complexity index is 349. The number of anilines is 1. The van der Waals surface area contributed by atoms with E-state index in [0.29, 0.717) is 17.7 Å². The summed E-state index contributed by atoms with van der Waals surface area (Å²) in [7, 11) is 0. The molecule has 0 saturated carbocycles. The van der Waals surface area contributed by atoms with Crippen molar-refractivity contribution < 1.29 is 0 Å². The molecule has 1 aliphatic heterocycles. The van der Waals surface area contributed by atoms with Gasteiger partial charge in [0.15, 0.2) is 0 Å². The van der Waals surface area contributed by atoms with Gasteiger partial charge in [0.05, 0.1) is 0 Å². The monoisotopic (exact) mass is 240 g/mol. The summed E-state index contributed by atoms with van der Waals surface area (Å²) < 4.78 is 0. The molecule has 1 aromatic rings. The first kappa shape index (κ1) is 11.6. The molecule has 4 nitrogen and oxygen atoms in total. The van der Waals surface area contributed by atoms with Gasteiger partial charge in [-0.3, -0.25) is 0 Å². The standard InChI is InChI=1S/C11H17ClN4/c1-8-6-10(12)15-11(14-8)16-5-3-2-4-9(16)7-13/h6,9H,2-5,7,13H2,1H3/t9-/m1/s1. The number of aryl methyl sites for hydroxylation is 1. The van der Waals surface area contributed by atoms with E-state index < -0.39 is 0 Å². The predicted octanol–water partition coefficient (Wildman–Crippen LogP) is 1.76. The Morgan fingerprint density at radius 2 is 2.31 bits per heavy atom. The quantitative estimate of drug-likeness (QED) is 0.801. The van der Waals surface area contributed by atoms with E-state index in [1.54, 1.807) is 6.07 Å². The van der Waals surface area contributed by atoms with Crippen LogP contribution in [0.3, 0.4) is 0 Å². The van der Waals surface area contributed by atoms with Gasteiger partial charge < -0.3 is 10.6 Å². The summed E-state index contributed by atoms with van der Waals surface area (Å²) in [6, 6.07) is 2.12. The van der Waals surface area contributed by atoms with Crippen LogP contribution in [-0.4, -0.2) is 29.1 Å². The zero-order valence-corrected chi connectivity index (χ0v) is 10.2. The number of rotatable bonds is 2. The van der Waals surface area contributed by atoms with Crippen molar-refractivity contribution in [1.82, 2.24) is 9.97 Å². The van der Waals surface area contributed by atoms with Gasteiger partial charge in [0.25, 0.3) is 0 Å². The average Bonchev–Trinajstić information content (AvgIpc) is 2.27. The maximum atomic E-state index is 5.95. The van der Waals surface area contributed by atoms with Gasteiger partial charge in [0.2, 0.25) is 5.95 Å². The lowest BCUT2D eigenvalue weighted by molar-refractivity contribution is 0.458. The van der Waals surface area contributed by atoms with Crippen LogP contribution in [0.25, 0.3) is 0 Å². The Labute approximate surface area is 101 Å². The third-order valence-corrected chi connectivity index (χ3v) is 3.16. The van der Waals surface area contributed by atoms with Crippen molar-refractivity contribution in [2.75, 3.05) is 18.0 Å². The van der Waals surface area contributed by atoms with Crippen LogP contribution in [0.1, 0.15) is 25.0 Å². The van der Waals surface area contributed by atoms with Crippen molar-refractivity contribution in [3.8, 4) is 0 Å². The fourth-order valence-electron chi connectivity index (χ4n) is 2.15. The molecule has 2 rings (SSSR count). The van der Waals surface area contributed by atoms with Crippen LogP contribution in [0.15, 0.2) is 6.07 Å². The molecule has 1 aromatic heterocycles. The molecule has 2 N–H and O–H groups in total. The summed E-state index contributed by atoms with van der Waals surface area (Å²) in [6.45, 7) is 3.55. The fourth-order valence-corrected chi connectivity index (χ4v) is 2.39. The van der Waals surface area contributed by atoms with Gasteiger partial charge in [-0.05, 0) is 32.3 Å². The summed E-state index contributed by atoms with van der Waals surface area (Å²) in [6.07, 6.45) is 3.52. The lowest BCUT2D eigenvalue weighted by Gasteiger charge is -2.35. The number of piperidine rings is 1. The zero-order valence-electron chi connectivity index (χ0n) is 9.49. The normalized spacial score (nSPS) is 21.2. The van der Waals surface area contributed by atoms with Gasteiger partial charge in [-0.1, -0.05) is 11.6 Å². The summed E-state index contributed by atoms with van der Waals surface area (Å²) in [5, 5.41) is 0.504. The third-order valence-electron chi connectivity index (χ3n) is 2.97. The Kier molecular flexibility index (Phi) is 3.61. The molecule has 0 amide bonds. The maximum absolute atomic E-state index is 5.95. The molecule has 5 heteroatoms. The second-order valence-electron chi connectivity index (χ2n) is 4.21. The van der Waals surface area contributed by atoms with Crippen molar-refractivity contribution in [2.45, 2.75) is 32.2 Å². The first-order valence-corrected chi connectivity index (χ1v) is 6.06. The van der Waals surface area contributed by atoms with Crippen molar-refractivity contribution in [1.29, 1.82) is 0 Å². The molecule has 88 valence electrons. The molecule has 0 aromatic carbocycles. The van der Waals surface area contributed by atoms with Crippen LogP contribution in [0.4, 0.5) is 5.95 Å². The number of nitrogens with two attached hydrogens (primary N) is 1. The Morgan fingerprint density at radius 1 is 1.50 bits per heavy atom. The first-order valence-electron chi connectivity index (χ1n) is 5.68. The smallest absolute Gasteiger partial charge is 0.227 e. The third kappa shape index (κ3) is 2.44. The van der Waals surface area contributed by atoms with Crippen molar-refractivity contribution >= 4 is 17.5 Å². The van der Waals surface area contributed by atoms with E-state index in [1.807, 2.05) is 6.92 Å². The molecule has 1 atom stereocenters. The summed E-state index contributed by atoms with van der Waals surface area (Å²) in [5.41, 5.74) is 6.68. The van der Waals surface area contributed by atoms with E-state index >= 15 is 0 Å². The Balaban J connectivity index is 2.26.